The van der Waals surface area contributed by atoms with Crippen LogP contribution < -0.4 is 0 Å². The van der Waals surface area contributed by atoms with Crippen LogP contribution in [0.3, 0.4) is 0 Å². The molecule has 0 spiro atoms. The first-order valence-corrected chi connectivity index (χ1v) is 9.10. The Kier molecular flexibility index (Phi) is 4.47. The Morgan fingerprint density at radius 1 is 1.14 bits per heavy atom. The van der Waals surface area contributed by atoms with Crippen LogP contribution in [-0.2, 0) is 0 Å². The van der Waals surface area contributed by atoms with Crippen LogP contribution in [0.2, 0.25) is 0 Å². The summed E-state index contributed by atoms with van der Waals surface area (Å²) in [5, 5.41) is 4.65. The fourth-order valence-electron chi connectivity index (χ4n) is 3.22. The Morgan fingerprint density at radius 2 is 1.89 bits per heavy atom. The van der Waals surface area contributed by atoms with Crippen molar-refractivity contribution in [3.05, 3.63) is 71.3 Å². The molecule has 1 amide bonds. The largest absolute Gasteiger partial charge is 0.467 e. The highest BCUT2D eigenvalue weighted by Gasteiger charge is 2.25. The van der Waals surface area contributed by atoms with Crippen LogP contribution in [0.5, 0.6) is 0 Å². The lowest BCUT2D eigenvalue weighted by Gasteiger charge is -2.23. The number of aromatic nitrogens is 2. The molecule has 6 heteroatoms. The number of furan rings is 1. The van der Waals surface area contributed by atoms with Crippen molar-refractivity contribution in [2.24, 2.45) is 0 Å². The van der Waals surface area contributed by atoms with E-state index in [0.717, 1.165) is 16.9 Å². The maximum Gasteiger partial charge on any atom is 0.259 e. The zero-order valence-corrected chi connectivity index (χ0v) is 16.3. The number of aryl methyl sites for hydroxylation is 2. The van der Waals surface area contributed by atoms with Gasteiger partial charge in [-0.05, 0) is 39.0 Å². The summed E-state index contributed by atoms with van der Waals surface area (Å²) >= 11 is 0. The lowest BCUT2D eigenvalue weighted by atomic mass is 10.0. The molecule has 0 saturated carbocycles. The number of rotatable bonds is 4. The predicted molar refractivity (Wildman–Crippen MR) is 106 cm³/mol. The molecule has 6 nitrogen and oxygen atoms in total. The molecule has 3 heterocycles. The second kappa shape index (κ2) is 6.96. The molecule has 0 radical (unpaired) electrons. The van der Waals surface area contributed by atoms with Gasteiger partial charge in [0.25, 0.3) is 11.6 Å². The Bertz CT molecular complexity index is 1130. The van der Waals surface area contributed by atoms with Gasteiger partial charge in [-0.15, -0.1) is 0 Å². The summed E-state index contributed by atoms with van der Waals surface area (Å²) in [6.45, 7) is 5.77. The molecular weight excluding hydrogens is 354 g/mol. The third kappa shape index (κ3) is 3.07. The molecule has 1 unspecified atom stereocenters. The second-order valence-corrected chi connectivity index (χ2v) is 6.98. The molecular formula is C22H21N3O3. The zero-order chi connectivity index (χ0) is 19.8. The van der Waals surface area contributed by atoms with E-state index in [1.54, 1.807) is 18.2 Å². The lowest BCUT2D eigenvalue weighted by Crippen LogP contribution is -2.29. The average Bonchev–Trinajstić information content (AvgIpc) is 3.36. The van der Waals surface area contributed by atoms with Gasteiger partial charge in [0.2, 0.25) is 0 Å². The molecule has 0 bridgehead atoms. The number of carbonyl (C=O) groups is 1. The third-order valence-electron chi connectivity index (χ3n) is 5.05. The number of hydrogen-bond acceptors (Lipinski definition) is 5. The van der Waals surface area contributed by atoms with Crippen LogP contribution in [0.4, 0.5) is 0 Å². The third-order valence-corrected chi connectivity index (χ3v) is 5.05. The van der Waals surface area contributed by atoms with E-state index in [0.29, 0.717) is 28.1 Å². The molecule has 0 saturated heterocycles. The van der Waals surface area contributed by atoms with E-state index >= 15 is 0 Å². The standard InChI is InChI=1S/C22H21N3O3/c1-13-7-9-16(10-8-13)18-12-17(20-14(2)24-28-21(20)23-18)22(26)25(4)15(3)19-6-5-11-27-19/h5-12,15H,1-4H3. The molecule has 4 rings (SSSR count). The first kappa shape index (κ1) is 18.0. The summed E-state index contributed by atoms with van der Waals surface area (Å²) in [5.74, 6) is 0.581. The van der Waals surface area contributed by atoms with E-state index in [2.05, 4.69) is 10.1 Å². The fraction of sp³-hybridized carbons (Fsp3) is 0.227. The highest BCUT2D eigenvalue weighted by Crippen LogP contribution is 2.30. The van der Waals surface area contributed by atoms with Crippen molar-refractivity contribution in [2.45, 2.75) is 26.8 Å². The summed E-state index contributed by atoms with van der Waals surface area (Å²) < 4.78 is 10.9. The fourth-order valence-corrected chi connectivity index (χ4v) is 3.22. The minimum absolute atomic E-state index is 0.143. The number of hydrogen-bond donors (Lipinski definition) is 0. The van der Waals surface area contributed by atoms with E-state index in [4.69, 9.17) is 8.94 Å². The summed E-state index contributed by atoms with van der Waals surface area (Å²) in [6.07, 6.45) is 1.61. The van der Waals surface area contributed by atoms with Gasteiger partial charge in [0.15, 0.2) is 0 Å². The van der Waals surface area contributed by atoms with Gasteiger partial charge in [-0.3, -0.25) is 4.79 Å². The predicted octanol–water partition coefficient (Wildman–Crippen LogP) is 4.93. The van der Waals surface area contributed by atoms with Gasteiger partial charge in [-0.25, -0.2) is 4.98 Å². The van der Waals surface area contributed by atoms with E-state index in [9.17, 15) is 4.79 Å². The highest BCUT2D eigenvalue weighted by atomic mass is 16.5. The minimum Gasteiger partial charge on any atom is -0.467 e. The number of benzene rings is 1. The zero-order valence-electron chi connectivity index (χ0n) is 16.3. The molecule has 4 aromatic rings. The molecule has 0 N–H and O–H groups in total. The lowest BCUT2D eigenvalue weighted by molar-refractivity contribution is 0.0728. The smallest absolute Gasteiger partial charge is 0.259 e. The molecule has 0 aliphatic heterocycles. The average molecular weight is 375 g/mol. The molecule has 142 valence electrons. The molecule has 0 fully saturated rings. The first-order valence-electron chi connectivity index (χ1n) is 9.10. The van der Waals surface area contributed by atoms with Gasteiger partial charge < -0.3 is 13.8 Å². The van der Waals surface area contributed by atoms with Crippen molar-refractivity contribution in [3.8, 4) is 11.3 Å². The molecule has 0 aliphatic carbocycles. The van der Waals surface area contributed by atoms with E-state index in [1.165, 1.54) is 0 Å². The monoisotopic (exact) mass is 375 g/mol. The van der Waals surface area contributed by atoms with Gasteiger partial charge in [-0.2, -0.15) is 0 Å². The van der Waals surface area contributed by atoms with Crippen molar-refractivity contribution >= 4 is 17.0 Å². The van der Waals surface area contributed by atoms with Crippen LogP contribution in [-0.4, -0.2) is 28.0 Å². The van der Waals surface area contributed by atoms with Gasteiger partial charge in [0, 0.05) is 12.6 Å². The Labute approximate surface area is 162 Å². The summed E-state index contributed by atoms with van der Waals surface area (Å²) in [7, 11) is 1.76. The van der Waals surface area contributed by atoms with Gasteiger partial charge in [-0.1, -0.05) is 35.0 Å². The highest BCUT2D eigenvalue weighted by molar-refractivity contribution is 6.07. The minimum atomic E-state index is -0.214. The summed E-state index contributed by atoms with van der Waals surface area (Å²) in [5.41, 5.74) is 4.26. The number of nitrogens with zero attached hydrogens (tertiary/aromatic N) is 3. The summed E-state index contributed by atoms with van der Waals surface area (Å²) in [4.78, 5) is 19.6. The van der Waals surface area contributed by atoms with Crippen molar-refractivity contribution in [1.82, 2.24) is 15.0 Å². The number of amides is 1. The number of pyridine rings is 1. The molecule has 1 atom stereocenters. The first-order chi connectivity index (χ1) is 13.5. The molecule has 28 heavy (non-hydrogen) atoms. The maximum absolute atomic E-state index is 13.4. The van der Waals surface area contributed by atoms with Crippen LogP contribution in [0.25, 0.3) is 22.4 Å². The van der Waals surface area contributed by atoms with E-state index in [-0.39, 0.29) is 11.9 Å². The quantitative estimate of drug-likeness (QED) is 0.505. The topological polar surface area (TPSA) is 72.4 Å². The molecule has 1 aromatic carbocycles. The number of fused-ring (bicyclic) bond motifs is 1. The molecule has 3 aromatic heterocycles. The van der Waals surface area contributed by atoms with E-state index in [1.807, 2.05) is 63.2 Å². The van der Waals surface area contributed by atoms with Crippen molar-refractivity contribution in [3.63, 3.8) is 0 Å². The Morgan fingerprint density at radius 3 is 2.57 bits per heavy atom. The van der Waals surface area contributed by atoms with E-state index < -0.39 is 0 Å². The van der Waals surface area contributed by atoms with Crippen LogP contribution in [0.15, 0.2) is 57.7 Å². The Balaban J connectivity index is 1.81. The van der Waals surface area contributed by atoms with Crippen LogP contribution in [0.1, 0.15) is 40.3 Å². The normalized spacial score (nSPS) is 12.3. The maximum atomic E-state index is 13.4. The molecule has 0 aliphatic rings. The van der Waals surface area contributed by atoms with Gasteiger partial charge in [0.1, 0.15) is 5.76 Å². The second-order valence-electron chi connectivity index (χ2n) is 6.98. The summed E-state index contributed by atoms with van der Waals surface area (Å²) in [6, 6.07) is 13.3. The SMILES string of the molecule is Cc1ccc(-c2cc(C(=O)N(C)C(C)c3ccco3)c3c(C)noc3n2)cc1. The van der Waals surface area contributed by atoms with Crippen molar-refractivity contribution in [1.29, 1.82) is 0 Å². The van der Waals surface area contributed by atoms with Crippen LogP contribution in [0, 0.1) is 13.8 Å². The van der Waals surface area contributed by atoms with Crippen LogP contribution >= 0.6 is 0 Å². The Hall–Kier alpha value is -3.41. The number of carbonyl (C=O) groups excluding carboxylic acids is 1. The van der Waals surface area contributed by atoms with Crippen molar-refractivity contribution < 1.29 is 13.7 Å². The van der Waals surface area contributed by atoms with Gasteiger partial charge in [0.05, 0.1) is 34.6 Å². The van der Waals surface area contributed by atoms with Crippen molar-refractivity contribution in [2.75, 3.05) is 7.05 Å². The van der Waals surface area contributed by atoms with Gasteiger partial charge >= 0.3 is 0 Å².